The van der Waals surface area contributed by atoms with Gasteiger partial charge >= 0.3 is 0 Å². The van der Waals surface area contributed by atoms with Crippen LogP contribution in [0.1, 0.15) is 28.3 Å². The van der Waals surface area contributed by atoms with Crippen LogP contribution in [-0.2, 0) is 11.3 Å². The minimum atomic E-state index is -0.0588. The standard InChI is InChI=1S/C11H17N3O2S.ClH/c1-14(6-8-3-2-4-16-8)11(15)9-7-17-10(5-12)13-9;/h7-8H,2-6,12H2,1H3;1H. The van der Waals surface area contributed by atoms with Crippen LogP contribution >= 0.6 is 23.7 Å². The Morgan fingerprint density at radius 3 is 3.06 bits per heavy atom. The molecule has 1 aromatic rings. The monoisotopic (exact) mass is 291 g/mol. The van der Waals surface area contributed by atoms with Gasteiger partial charge < -0.3 is 15.4 Å². The number of rotatable bonds is 4. The molecule has 7 heteroatoms. The van der Waals surface area contributed by atoms with Gasteiger partial charge in [0, 0.05) is 32.1 Å². The molecular formula is C11H18ClN3O2S. The van der Waals surface area contributed by atoms with Crippen molar-refractivity contribution >= 4 is 29.7 Å². The van der Waals surface area contributed by atoms with Crippen LogP contribution in [0.3, 0.4) is 0 Å². The van der Waals surface area contributed by atoms with E-state index in [-0.39, 0.29) is 24.4 Å². The fourth-order valence-corrected chi connectivity index (χ4v) is 2.52. The second-order valence-corrected chi connectivity index (χ2v) is 5.09. The van der Waals surface area contributed by atoms with Gasteiger partial charge in [-0.3, -0.25) is 4.79 Å². The molecule has 5 nitrogen and oxygen atoms in total. The van der Waals surface area contributed by atoms with E-state index in [4.69, 9.17) is 10.5 Å². The molecule has 1 atom stereocenters. The topological polar surface area (TPSA) is 68.5 Å². The molecule has 1 aliphatic heterocycles. The van der Waals surface area contributed by atoms with Crippen LogP contribution in [0.15, 0.2) is 5.38 Å². The van der Waals surface area contributed by atoms with Crippen molar-refractivity contribution in [1.29, 1.82) is 0 Å². The van der Waals surface area contributed by atoms with E-state index in [1.54, 1.807) is 17.3 Å². The maximum atomic E-state index is 12.0. The molecule has 0 aliphatic carbocycles. The Labute approximate surface area is 117 Å². The van der Waals surface area contributed by atoms with E-state index < -0.39 is 0 Å². The Hall–Kier alpha value is -0.690. The lowest BCUT2D eigenvalue weighted by molar-refractivity contribution is 0.0583. The van der Waals surface area contributed by atoms with Crippen molar-refractivity contribution in [3.63, 3.8) is 0 Å². The summed E-state index contributed by atoms with van der Waals surface area (Å²) in [4.78, 5) is 17.9. The van der Waals surface area contributed by atoms with Gasteiger partial charge in [0.05, 0.1) is 6.10 Å². The van der Waals surface area contributed by atoms with Crippen molar-refractivity contribution in [3.8, 4) is 0 Å². The zero-order chi connectivity index (χ0) is 12.3. The Morgan fingerprint density at radius 1 is 1.72 bits per heavy atom. The van der Waals surface area contributed by atoms with Gasteiger partial charge in [-0.2, -0.15) is 0 Å². The van der Waals surface area contributed by atoms with E-state index in [1.807, 2.05) is 0 Å². The summed E-state index contributed by atoms with van der Waals surface area (Å²) in [6.45, 7) is 1.82. The van der Waals surface area contributed by atoms with Gasteiger partial charge in [0.25, 0.3) is 5.91 Å². The highest BCUT2D eigenvalue weighted by Crippen LogP contribution is 2.15. The summed E-state index contributed by atoms with van der Waals surface area (Å²) in [5.74, 6) is -0.0588. The highest BCUT2D eigenvalue weighted by Gasteiger charge is 2.22. The fourth-order valence-electron chi connectivity index (χ4n) is 1.88. The Kier molecular flexibility index (Phi) is 6.01. The predicted molar refractivity (Wildman–Crippen MR) is 73.2 cm³/mol. The van der Waals surface area contributed by atoms with E-state index in [2.05, 4.69) is 4.98 Å². The highest BCUT2D eigenvalue weighted by molar-refractivity contribution is 7.09. The first-order chi connectivity index (χ1) is 8.20. The smallest absolute Gasteiger partial charge is 0.273 e. The third-order valence-electron chi connectivity index (χ3n) is 2.79. The number of nitrogens with zero attached hydrogens (tertiary/aromatic N) is 2. The van der Waals surface area contributed by atoms with Crippen LogP contribution in [0.5, 0.6) is 0 Å². The van der Waals surface area contributed by atoms with Gasteiger partial charge in [-0.25, -0.2) is 4.98 Å². The summed E-state index contributed by atoms with van der Waals surface area (Å²) in [5.41, 5.74) is 5.96. The molecule has 1 saturated heterocycles. The molecule has 1 amide bonds. The highest BCUT2D eigenvalue weighted by atomic mass is 35.5. The quantitative estimate of drug-likeness (QED) is 0.907. The van der Waals surface area contributed by atoms with Crippen LogP contribution in [0, 0.1) is 0 Å². The first-order valence-electron chi connectivity index (χ1n) is 5.72. The zero-order valence-corrected chi connectivity index (χ0v) is 11.9. The zero-order valence-electron chi connectivity index (χ0n) is 10.3. The number of carbonyl (C=O) groups excluding carboxylic acids is 1. The van der Waals surface area contributed by atoms with Crippen LogP contribution in [-0.4, -0.2) is 42.1 Å². The Morgan fingerprint density at radius 2 is 2.50 bits per heavy atom. The van der Waals surface area contributed by atoms with Crippen LogP contribution in [0.2, 0.25) is 0 Å². The number of halogens is 1. The molecule has 18 heavy (non-hydrogen) atoms. The number of likely N-dealkylation sites (N-methyl/N-ethyl adjacent to an activating group) is 1. The minimum Gasteiger partial charge on any atom is -0.376 e. The molecule has 2 rings (SSSR count). The molecule has 1 unspecified atom stereocenters. The third kappa shape index (κ3) is 3.65. The summed E-state index contributed by atoms with van der Waals surface area (Å²) >= 11 is 1.42. The number of nitrogens with two attached hydrogens (primary N) is 1. The summed E-state index contributed by atoms with van der Waals surface area (Å²) in [5, 5.41) is 2.55. The van der Waals surface area contributed by atoms with E-state index in [0.717, 1.165) is 24.5 Å². The van der Waals surface area contributed by atoms with Crippen molar-refractivity contribution < 1.29 is 9.53 Å². The molecule has 0 spiro atoms. The second kappa shape index (κ2) is 7.04. The molecule has 0 saturated carbocycles. The molecule has 2 heterocycles. The van der Waals surface area contributed by atoms with Gasteiger partial charge in [0.2, 0.25) is 0 Å². The fraction of sp³-hybridized carbons (Fsp3) is 0.636. The number of thiazole rings is 1. The molecular weight excluding hydrogens is 274 g/mol. The van der Waals surface area contributed by atoms with Gasteiger partial charge in [-0.05, 0) is 12.8 Å². The summed E-state index contributed by atoms with van der Waals surface area (Å²) in [6, 6.07) is 0. The van der Waals surface area contributed by atoms with Gasteiger partial charge in [0.1, 0.15) is 10.7 Å². The minimum absolute atomic E-state index is 0. The number of hydrogen-bond acceptors (Lipinski definition) is 5. The molecule has 1 fully saturated rings. The van der Waals surface area contributed by atoms with Crippen LogP contribution < -0.4 is 5.73 Å². The molecule has 0 aromatic carbocycles. The lowest BCUT2D eigenvalue weighted by Crippen LogP contribution is -2.34. The summed E-state index contributed by atoms with van der Waals surface area (Å²) in [7, 11) is 1.78. The number of amides is 1. The average molecular weight is 292 g/mol. The molecule has 0 radical (unpaired) electrons. The molecule has 0 bridgehead atoms. The van der Waals surface area contributed by atoms with Gasteiger partial charge in [-0.15, -0.1) is 23.7 Å². The number of carbonyl (C=O) groups is 1. The predicted octanol–water partition coefficient (Wildman–Crippen LogP) is 1.27. The van der Waals surface area contributed by atoms with E-state index in [1.165, 1.54) is 11.3 Å². The molecule has 1 aromatic heterocycles. The maximum Gasteiger partial charge on any atom is 0.273 e. The first kappa shape index (κ1) is 15.4. The van der Waals surface area contributed by atoms with Crippen LogP contribution in [0.4, 0.5) is 0 Å². The lowest BCUT2D eigenvalue weighted by Gasteiger charge is -2.19. The lowest BCUT2D eigenvalue weighted by atomic mass is 10.2. The number of aromatic nitrogens is 1. The SMILES string of the molecule is CN(CC1CCCO1)C(=O)c1csc(CN)n1.Cl. The Bertz CT molecular complexity index is 393. The van der Waals surface area contributed by atoms with Crippen LogP contribution in [0.25, 0.3) is 0 Å². The number of ether oxygens (including phenoxy) is 1. The summed E-state index contributed by atoms with van der Waals surface area (Å²) < 4.78 is 5.50. The molecule has 1 aliphatic rings. The molecule has 2 N–H and O–H groups in total. The average Bonchev–Trinajstić information content (AvgIpc) is 2.98. The first-order valence-corrected chi connectivity index (χ1v) is 6.60. The van der Waals surface area contributed by atoms with Crippen molar-refractivity contribution in [2.75, 3.05) is 20.2 Å². The van der Waals surface area contributed by atoms with Crippen molar-refractivity contribution in [3.05, 3.63) is 16.1 Å². The maximum absolute atomic E-state index is 12.0. The largest absolute Gasteiger partial charge is 0.376 e. The second-order valence-electron chi connectivity index (χ2n) is 4.15. The van der Waals surface area contributed by atoms with Crippen molar-refractivity contribution in [2.24, 2.45) is 5.73 Å². The van der Waals surface area contributed by atoms with Crippen molar-refractivity contribution in [1.82, 2.24) is 9.88 Å². The Balaban J connectivity index is 0.00000162. The van der Waals surface area contributed by atoms with Gasteiger partial charge in [-0.1, -0.05) is 0 Å². The van der Waals surface area contributed by atoms with E-state index in [0.29, 0.717) is 18.8 Å². The summed E-state index contributed by atoms with van der Waals surface area (Å²) in [6.07, 6.45) is 2.29. The normalized spacial score (nSPS) is 18.4. The van der Waals surface area contributed by atoms with Crippen molar-refractivity contribution in [2.45, 2.75) is 25.5 Å². The number of hydrogen-bond donors (Lipinski definition) is 1. The van der Waals surface area contributed by atoms with E-state index in [9.17, 15) is 4.79 Å². The van der Waals surface area contributed by atoms with E-state index >= 15 is 0 Å². The third-order valence-corrected chi connectivity index (χ3v) is 3.66. The molecule has 102 valence electrons. The van der Waals surface area contributed by atoms with Gasteiger partial charge in [0.15, 0.2) is 0 Å².